The van der Waals surface area contributed by atoms with Crippen molar-refractivity contribution in [3.63, 3.8) is 0 Å². The lowest BCUT2D eigenvalue weighted by atomic mass is 10.0. The molecule has 18 heavy (non-hydrogen) atoms. The Morgan fingerprint density at radius 2 is 2.11 bits per heavy atom. The SMILES string of the molecule is CN(C(=O)OCc1ccccc1)C1CC=CCC1. The molecule has 96 valence electrons. The maximum atomic E-state index is 11.9. The molecule has 1 aliphatic rings. The third kappa shape index (κ3) is 3.36. The number of amides is 1. The van der Waals surface area contributed by atoms with Gasteiger partial charge in [-0.05, 0) is 24.8 Å². The summed E-state index contributed by atoms with van der Waals surface area (Å²) in [5, 5.41) is 0. The largest absolute Gasteiger partial charge is 0.445 e. The first-order valence-corrected chi connectivity index (χ1v) is 6.36. The highest BCUT2D eigenvalue weighted by atomic mass is 16.6. The van der Waals surface area contributed by atoms with Crippen LogP contribution in [0.1, 0.15) is 24.8 Å². The fourth-order valence-corrected chi connectivity index (χ4v) is 2.10. The zero-order valence-electron chi connectivity index (χ0n) is 10.7. The van der Waals surface area contributed by atoms with Crippen LogP contribution in [-0.4, -0.2) is 24.1 Å². The van der Waals surface area contributed by atoms with Gasteiger partial charge in [0.25, 0.3) is 0 Å². The smallest absolute Gasteiger partial charge is 0.410 e. The summed E-state index contributed by atoms with van der Waals surface area (Å²) in [4.78, 5) is 13.6. The quantitative estimate of drug-likeness (QED) is 0.764. The molecule has 1 aromatic rings. The summed E-state index contributed by atoms with van der Waals surface area (Å²) in [6, 6.07) is 10.0. The molecule has 3 nitrogen and oxygen atoms in total. The van der Waals surface area contributed by atoms with Gasteiger partial charge in [0, 0.05) is 13.1 Å². The molecule has 2 rings (SSSR count). The van der Waals surface area contributed by atoms with Gasteiger partial charge < -0.3 is 9.64 Å². The maximum Gasteiger partial charge on any atom is 0.410 e. The summed E-state index contributed by atoms with van der Waals surface area (Å²) in [6.07, 6.45) is 7.05. The monoisotopic (exact) mass is 245 g/mol. The van der Waals surface area contributed by atoms with E-state index in [1.165, 1.54) is 0 Å². The molecule has 1 unspecified atom stereocenters. The average Bonchev–Trinajstić information content (AvgIpc) is 2.46. The van der Waals surface area contributed by atoms with E-state index in [2.05, 4.69) is 12.2 Å². The van der Waals surface area contributed by atoms with Crippen LogP contribution in [0.15, 0.2) is 42.5 Å². The van der Waals surface area contributed by atoms with Crippen molar-refractivity contribution in [1.82, 2.24) is 4.90 Å². The predicted molar refractivity (Wildman–Crippen MR) is 71.2 cm³/mol. The van der Waals surface area contributed by atoms with Crippen molar-refractivity contribution in [2.45, 2.75) is 31.9 Å². The van der Waals surface area contributed by atoms with Gasteiger partial charge in [0.05, 0.1) is 0 Å². The minimum atomic E-state index is -0.237. The van der Waals surface area contributed by atoms with Gasteiger partial charge in [-0.25, -0.2) is 4.79 Å². The van der Waals surface area contributed by atoms with E-state index in [4.69, 9.17) is 4.74 Å². The molecular formula is C15H19NO2. The molecule has 0 bridgehead atoms. The molecule has 3 heteroatoms. The van der Waals surface area contributed by atoms with E-state index in [1.807, 2.05) is 37.4 Å². The van der Waals surface area contributed by atoms with Gasteiger partial charge in [0.2, 0.25) is 0 Å². The molecule has 0 heterocycles. The third-order valence-corrected chi connectivity index (χ3v) is 3.28. The van der Waals surface area contributed by atoms with E-state index in [0.29, 0.717) is 6.61 Å². The molecule has 0 radical (unpaired) electrons. The summed E-state index contributed by atoms with van der Waals surface area (Å²) < 4.78 is 5.31. The van der Waals surface area contributed by atoms with Crippen molar-refractivity contribution in [2.24, 2.45) is 0 Å². The summed E-state index contributed by atoms with van der Waals surface area (Å²) in [5.41, 5.74) is 1.02. The number of hydrogen-bond donors (Lipinski definition) is 0. The number of benzene rings is 1. The van der Waals surface area contributed by atoms with Gasteiger partial charge in [-0.2, -0.15) is 0 Å². The molecule has 0 spiro atoms. The van der Waals surface area contributed by atoms with E-state index in [1.54, 1.807) is 4.90 Å². The van der Waals surface area contributed by atoms with Gasteiger partial charge in [-0.3, -0.25) is 0 Å². The number of nitrogens with zero attached hydrogens (tertiary/aromatic N) is 1. The zero-order chi connectivity index (χ0) is 12.8. The Hall–Kier alpha value is -1.77. The fourth-order valence-electron chi connectivity index (χ4n) is 2.10. The van der Waals surface area contributed by atoms with Gasteiger partial charge in [0.15, 0.2) is 0 Å². The second kappa shape index (κ2) is 6.24. The lowest BCUT2D eigenvalue weighted by molar-refractivity contribution is 0.0892. The first kappa shape index (κ1) is 12.7. The van der Waals surface area contributed by atoms with Gasteiger partial charge >= 0.3 is 6.09 Å². The Morgan fingerprint density at radius 3 is 2.78 bits per heavy atom. The predicted octanol–water partition coefficient (Wildman–Crippen LogP) is 3.36. The molecule has 1 aliphatic carbocycles. The molecule has 0 aliphatic heterocycles. The van der Waals surface area contributed by atoms with E-state index >= 15 is 0 Å². The molecule has 1 atom stereocenters. The van der Waals surface area contributed by atoms with E-state index in [-0.39, 0.29) is 12.1 Å². The van der Waals surface area contributed by atoms with Crippen LogP contribution in [-0.2, 0) is 11.3 Å². The van der Waals surface area contributed by atoms with Crippen LogP contribution in [0.4, 0.5) is 4.79 Å². The third-order valence-electron chi connectivity index (χ3n) is 3.28. The topological polar surface area (TPSA) is 29.5 Å². The van der Waals surface area contributed by atoms with E-state index in [9.17, 15) is 4.79 Å². The average molecular weight is 245 g/mol. The summed E-state index contributed by atoms with van der Waals surface area (Å²) in [7, 11) is 1.82. The van der Waals surface area contributed by atoms with E-state index in [0.717, 1.165) is 24.8 Å². The Balaban J connectivity index is 1.82. The molecule has 0 saturated carbocycles. The number of rotatable bonds is 3. The Morgan fingerprint density at radius 1 is 1.33 bits per heavy atom. The zero-order valence-corrected chi connectivity index (χ0v) is 10.7. The van der Waals surface area contributed by atoms with Crippen molar-refractivity contribution in [3.05, 3.63) is 48.0 Å². The lowest BCUT2D eigenvalue weighted by Gasteiger charge is -2.28. The van der Waals surface area contributed by atoms with Crippen LogP contribution >= 0.6 is 0 Å². The van der Waals surface area contributed by atoms with Gasteiger partial charge in [0.1, 0.15) is 6.61 Å². The highest BCUT2D eigenvalue weighted by Gasteiger charge is 2.20. The molecule has 1 aromatic carbocycles. The molecule has 1 amide bonds. The number of carbonyl (C=O) groups excluding carboxylic acids is 1. The van der Waals surface area contributed by atoms with Crippen molar-refractivity contribution >= 4 is 6.09 Å². The highest BCUT2D eigenvalue weighted by Crippen LogP contribution is 2.17. The normalized spacial score (nSPS) is 18.4. The van der Waals surface area contributed by atoms with Crippen LogP contribution in [0, 0.1) is 0 Å². The summed E-state index contributed by atoms with van der Waals surface area (Å²) in [6.45, 7) is 0.340. The van der Waals surface area contributed by atoms with Crippen LogP contribution in [0.25, 0.3) is 0 Å². The Kier molecular flexibility index (Phi) is 4.40. The first-order chi connectivity index (χ1) is 8.77. The summed E-state index contributed by atoms with van der Waals surface area (Å²) in [5.74, 6) is 0. The second-order valence-electron chi connectivity index (χ2n) is 4.59. The van der Waals surface area contributed by atoms with Crippen molar-refractivity contribution in [3.8, 4) is 0 Å². The molecule has 0 saturated heterocycles. The molecule has 0 fully saturated rings. The summed E-state index contributed by atoms with van der Waals surface area (Å²) >= 11 is 0. The number of hydrogen-bond acceptors (Lipinski definition) is 2. The minimum absolute atomic E-state index is 0.237. The number of allylic oxidation sites excluding steroid dienone is 1. The minimum Gasteiger partial charge on any atom is -0.445 e. The van der Waals surface area contributed by atoms with E-state index < -0.39 is 0 Å². The van der Waals surface area contributed by atoms with Crippen LogP contribution in [0.2, 0.25) is 0 Å². The van der Waals surface area contributed by atoms with Crippen LogP contribution < -0.4 is 0 Å². The van der Waals surface area contributed by atoms with Gasteiger partial charge in [-0.1, -0.05) is 42.5 Å². The highest BCUT2D eigenvalue weighted by molar-refractivity contribution is 5.67. The number of ether oxygens (including phenoxy) is 1. The Labute approximate surface area is 108 Å². The first-order valence-electron chi connectivity index (χ1n) is 6.36. The van der Waals surface area contributed by atoms with Gasteiger partial charge in [-0.15, -0.1) is 0 Å². The lowest BCUT2D eigenvalue weighted by Crippen LogP contribution is -2.37. The molecular weight excluding hydrogens is 226 g/mol. The fraction of sp³-hybridized carbons (Fsp3) is 0.400. The molecule has 0 N–H and O–H groups in total. The van der Waals surface area contributed by atoms with Crippen LogP contribution in [0.5, 0.6) is 0 Å². The standard InChI is InChI=1S/C15H19NO2/c1-16(14-10-6-3-7-11-14)15(17)18-12-13-8-4-2-5-9-13/h2-6,8-9,14H,7,10-12H2,1H3. The maximum absolute atomic E-state index is 11.9. The van der Waals surface area contributed by atoms with Crippen molar-refractivity contribution in [2.75, 3.05) is 7.05 Å². The molecule has 0 aromatic heterocycles. The van der Waals surface area contributed by atoms with Crippen LogP contribution in [0.3, 0.4) is 0 Å². The van der Waals surface area contributed by atoms with Crippen molar-refractivity contribution in [1.29, 1.82) is 0 Å². The second-order valence-corrected chi connectivity index (χ2v) is 4.59. The van der Waals surface area contributed by atoms with Crippen molar-refractivity contribution < 1.29 is 9.53 Å². The Bertz CT molecular complexity index is 414. The number of carbonyl (C=O) groups is 1.